The fraction of sp³-hybridized carbons (Fsp3) is 1.00. The molecule has 0 unspecified atom stereocenters. The SMILES string of the molecule is CCC(CSC1CSC1)(CSC1CSC1)CSC1CSC1. The molecule has 3 heterocycles. The van der Waals surface area contributed by atoms with Crippen molar-refractivity contribution in [2.24, 2.45) is 5.41 Å². The van der Waals surface area contributed by atoms with Crippen molar-refractivity contribution in [3.63, 3.8) is 0 Å². The molecule has 6 heteroatoms. The van der Waals surface area contributed by atoms with Crippen LogP contribution in [-0.2, 0) is 0 Å². The molecule has 0 N–H and O–H groups in total. The van der Waals surface area contributed by atoms with Crippen LogP contribution in [0.5, 0.6) is 0 Å². The van der Waals surface area contributed by atoms with Gasteiger partial charge in [0.1, 0.15) is 0 Å². The van der Waals surface area contributed by atoms with Crippen LogP contribution in [0.15, 0.2) is 0 Å². The van der Waals surface area contributed by atoms with E-state index in [9.17, 15) is 0 Å². The molecule has 0 nitrogen and oxygen atoms in total. The molecule has 0 saturated carbocycles. The van der Waals surface area contributed by atoms with Gasteiger partial charge in [0.25, 0.3) is 0 Å². The molecule has 0 spiro atoms. The lowest BCUT2D eigenvalue weighted by molar-refractivity contribution is 0.427. The van der Waals surface area contributed by atoms with Crippen LogP contribution >= 0.6 is 70.6 Å². The molecule has 0 aromatic rings. The smallest absolute Gasteiger partial charge is 0.0229 e. The van der Waals surface area contributed by atoms with E-state index in [4.69, 9.17) is 0 Å². The molecule has 0 aliphatic carbocycles. The van der Waals surface area contributed by atoms with Crippen LogP contribution in [0.2, 0.25) is 0 Å². The van der Waals surface area contributed by atoms with Crippen LogP contribution in [0, 0.1) is 5.41 Å². The lowest BCUT2D eigenvalue weighted by Gasteiger charge is -2.38. The Morgan fingerprint density at radius 1 is 0.714 bits per heavy atom. The van der Waals surface area contributed by atoms with Crippen LogP contribution in [0.3, 0.4) is 0 Å². The van der Waals surface area contributed by atoms with Crippen molar-refractivity contribution in [1.29, 1.82) is 0 Å². The molecule has 3 saturated heterocycles. The maximum Gasteiger partial charge on any atom is 0.0229 e. The molecule has 0 aromatic heterocycles. The van der Waals surface area contributed by atoms with Crippen molar-refractivity contribution in [2.45, 2.75) is 29.1 Å². The Morgan fingerprint density at radius 3 is 1.24 bits per heavy atom. The largest absolute Gasteiger partial charge is 0.160 e. The molecule has 3 aliphatic heterocycles. The second-order valence-electron chi connectivity index (χ2n) is 6.26. The van der Waals surface area contributed by atoms with Gasteiger partial charge in [-0.1, -0.05) is 6.92 Å². The van der Waals surface area contributed by atoms with E-state index in [1.807, 2.05) is 0 Å². The Balaban J connectivity index is 1.48. The topological polar surface area (TPSA) is 0 Å². The van der Waals surface area contributed by atoms with Gasteiger partial charge in [0, 0.05) is 67.5 Å². The normalized spacial score (nSPS) is 24.4. The van der Waals surface area contributed by atoms with Crippen LogP contribution in [0.25, 0.3) is 0 Å². The van der Waals surface area contributed by atoms with E-state index < -0.39 is 0 Å². The van der Waals surface area contributed by atoms with Gasteiger partial charge in [-0.3, -0.25) is 0 Å². The summed E-state index contributed by atoms with van der Waals surface area (Å²) in [5.41, 5.74) is 0.598. The molecule has 122 valence electrons. The zero-order valence-corrected chi connectivity index (χ0v) is 17.7. The predicted octanol–water partition coefficient (Wildman–Crippen LogP) is 4.93. The Kier molecular flexibility index (Phi) is 7.66. The monoisotopic (exact) mass is 398 g/mol. The van der Waals surface area contributed by atoms with Gasteiger partial charge >= 0.3 is 0 Å². The van der Waals surface area contributed by atoms with Crippen LogP contribution in [0.4, 0.5) is 0 Å². The Bertz CT molecular complexity index is 266. The average molecular weight is 399 g/mol. The Morgan fingerprint density at radius 2 is 1.05 bits per heavy atom. The van der Waals surface area contributed by atoms with Gasteiger partial charge in [0.05, 0.1) is 0 Å². The van der Waals surface area contributed by atoms with Gasteiger partial charge in [0.2, 0.25) is 0 Å². The zero-order valence-electron chi connectivity index (χ0n) is 12.8. The fourth-order valence-corrected chi connectivity index (χ4v) is 11.0. The first-order valence-electron chi connectivity index (χ1n) is 7.88. The second-order valence-corrected chi connectivity index (χ2v) is 13.4. The third-order valence-corrected chi connectivity index (χ3v) is 14.3. The van der Waals surface area contributed by atoms with E-state index in [-0.39, 0.29) is 0 Å². The summed E-state index contributed by atoms with van der Waals surface area (Å²) in [5, 5.41) is 2.90. The van der Waals surface area contributed by atoms with Crippen LogP contribution in [-0.4, -0.2) is 67.5 Å². The van der Waals surface area contributed by atoms with E-state index in [1.54, 1.807) is 0 Å². The molecule has 0 bridgehead atoms. The number of hydrogen-bond acceptors (Lipinski definition) is 6. The molecule has 21 heavy (non-hydrogen) atoms. The molecule has 0 atom stereocenters. The van der Waals surface area contributed by atoms with Crippen molar-refractivity contribution in [2.75, 3.05) is 51.8 Å². The van der Waals surface area contributed by atoms with Crippen LogP contribution in [0.1, 0.15) is 13.3 Å². The highest BCUT2D eigenvalue weighted by atomic mass is 32.2. The zero-order chi connectivity index (χ0) is 14.5. The standard InChI is InChI=1S/C15H26S6/c1-2-15(9-19-12-3-16-4-12,10-20-13-5-17-6-13)11-21-14-7-18-8-14/h12-14H,2-11H2,1H3. The number of thioether (sulfide) groups is 6. The first kappa shape index (κ1) is 17.9. The molecule has 3 aliphatic rings. The Labute approximate surface area is 156 Å². The third kappa shape index (κ3) is 5.29. The summed E-state index contributed by atoms with van der Waals surface area (Å²) in [6.07, 6.45) is 1.37. The molecule has 3 fully saturated rings. The first-order chi connectivity index (χ1) is 10.3. The maximum atomic E-state index is 2.45. The summed E-state index contributed by atoms with van der Waals surface area (Å²) < 4.78 is 0. The molecule has 0 radical (unpaired) electrons. The number of rotatable bonds is 10. The summed E-state index contributed by atoms with van der Waals surface area (Å²) in [7, 11) is 0. The highest BCUT2D eigenvalue weighted by Gasteiger charge is 2.34. The quantitative estimate of drug-likeness (QED) is 0.508. The van der Waals surface area contributed by atoms with Gasteiger partial charge in [-0.15, -0.1) is 0 Å². The minimum Gasteiger partial charge on any atom is -0.160 e. The van der Waals surface area contributed by atoms with E-state index in [0.717, 1.165) is 15.7 Å². The molecule has 0 aromatic carbocycles. The molecule has 0 amide bonds. The third-order valence-electron chi connectivity index (χ3n) is 4.45. The van der Waals surface area contributed by atoms with E-state index >= 15 is 0 Å². The minimum atomic E-state index is 0.598. The van der Waals surface area contributed by atoms with E-state index in [1.165, 1.54) is 58.2 Å². The van der Waals surface area contributed by atoms with Crippen LogP contribution < -0.4 is 0 Å². The number of hydrogen-bond donors (Lipinski definition) is 0. The molecule has 3 rings (SSSR count). The summed E-state index contributed by atoms with van der Waals surface area (Å²) in [6, 6.07) is 0. The molecular weight excluding hydrogens is 373 g/mol. The summed E-state index contributed by atoms with van der Waals surface area (Å²) in [5.74, 6) is 12.7. The maximum absolute atomic E-state index is 2.45. The van der Waals surface area contributed by atoms with Crippen molar-refractivity contribution >= 4 is 70.6 Å². The van der Waals surface area contributed by atoms with Gasteiger partial charge in [0.15, 0.2) is 0 Å². The van der Waals surface area contributed by atoms with Gasteiger partial charge in [-0.05, 0) is 11.8 Å². The minimum absolute atomic E-state index is 0.598. The van der Waals surface area contributed by atoms with Crippen molar-refractivity contribution < 1.29 is 0 Å². The summed E-state index contributed by atoms with van der Waals surface area (Å²) in [4.78, 5) is 0. The summed E-state index contributed by atoms with van der Waals surface area (Å²) >= 11 is 13.3. The molecular formula is C15H26S6. The van der Waals surface area contributed by atoms with Crippen molar-refractivity contribution in [1.82, 2.24) is 0 Å². The lowest BCUT2D eigenvalue weighted by Crippen LogP contribution is -2.36. The Hall–Kier alpha value is 2.10. The lowest BCUT2D eigenvalue weighted by atomic mass is 9.92. The van der Waals surface area contributed by atoms with Gasteiger partial charge < -0.3 is 0 Å². The van der Waals surface area contributed by atoms with Gasteiger partial charge in [-0.25, -0.2) is 0 Å². The highest BCUT2D eigenvalue weighted by molar-refractivity contribution is 8.08. The van der Waals surface area contributed by atoms with Gasteiger partial charge in [-0.2, -0.15) is 70.6 Å². The predicted molar refractivity (Wildman–Crippen MR) is 113 cm³/mol. The van der Waals surface area contributed by atoms with E-state index in [0.29, 0.717) is 5.41 Å². The fourth-order valence-electron chi connectivity index (χ4n) is 2.25. The van der Waals surface area contributed by atoms with E-state index in [2.05, 4.69) is 77.5 Å². The second kappa shape index (κ2) is 8.98. The first-order valence-corrected chi connectivity index (χ1v) is 14.5. The van der Waals surface area contributed by atoms with Crippen molar-refractivity contribution in [3.05, 3.63) is 0 Å². The van der Waals surface area contributed by atoms with Crippen molar-refractivity contribution in [3.8, 4) is 0 Å². The average Bonchev–Trinajstić information content (AvgIpc) is 2.32. The summed E-state index contributed by atoms with van der Waals surface area (Å²) in [6.45, 7) is 2.45. The highest BCUT2D eigenvalue weighted by Crippen LogP contribution is 2.43.